The van der Waals surface area contributed by atoms with Crippen LogP contribution in [0.25, 0.3) is 0 Å². The Morgan fingerprint density at radius 1 is 1.02 bits per heavy atom. The standard InChI is InChI=1S/C33H40N4O4/c1-33(2,3)41-31(38)35-19-23-13-15-24(16-14-23)20-36(29-12-6-10-25-11-7-17-34-30(25)29)22-28-18-26-8-4-5-9-27(26)21-37(28)32(39)40/h4-5,7-9,11,13-17,28-29H,6,10,12,18-22H2,1-3H3,(H,35,38)(H,39,40). The van der Waals surface area contributed by atoms with Gasteiger partial charge in [-0.2, -0.15) is 0 Å². The number of pyridine rings is 1. The Morgan fingerprint density at radius 3 is 2.46 bits per heavy atom. The molecule has 2 aromatic carbocycles. The quantitative estimate of drug-likeness (QED) is 0.366. The van der Waals surface area contributed by atoms with Crippen LogP contribution in [0.5, 0.6) is 0 Å². The zero-order chi connectivity index (χ0) is 29.0. The molecule has 0 spiro atoms. The number of nitrogens with one attached hydrogen (secondary N) is 1. The Bertz CT molecular complexity index is 1370. The van der Waals surface area contributed by atoms with Gasteiger partial charge in [-0.15, -0.1) is 0 Å². The summed E-state index contributed by atoms with van der Waals surface area (Å²) in [7, 11) is 0. The third-order valence-corrected chi connectivity index (χ3v) is 7.90. The van der Waals surface area contributed by atoms with Crippen LogP contribution in [0.4, 0.5) is 9.59 Å². The molecule has 2 atom stereocenters. The van der Waals surface area contributed by atoms with E-state index in [1.54, 1.807) is 4.90 Å². The SMILES string of the molecule is CC(C)(C)OC(=O)NCc1ccc(CN(CC2Cc3ccccc3CN2C(=O)O)C2CCCc3cccnc32)cc1. The van der Waals surface area contributed by atoms with Crippen molar-refractivity contribution in [3.63, 3.8) is 0 Å². The lowest BCUT2D eigenvalue weighted by atomic mass is 9.89. The highest BCUT2D eigenvalue weighted by Gasteiger charge is 2.34. The van der Waals surface area contributed by atoms with Crippen molar-refractivity contribution in [2.45, 2.75) is 83.8 Å². The molecule has 3 aromatic rings. The van der Waals surface area contributed by atoms with Crippen molar-refractivity contribution in [1.82, 2.24) is 20.1 Å². The van der Waals surface area contributed by atoms with Gasteiger partial charge in [-0.05, 0) is 80.3 Å². The topological polar surface area (TPSA) is 95.0 Å². The average Bonchev–Trinajstić information content (AvgIpc) is 2.95. The van der Waals surface area contributed by atoms with Gasteiger partial charge in [-0.1, -0.05) is 54.6 Å². The predicted octanol–water partition coefficient (Wildman–Crippen LogP) is 6.09. The summed E-state index contributed by atoms with van der Waals surface area (Å²) in [6.07, 6.45) is 4.31. The lowest BCUT2D eigenvalue weighted by molar-refractivity contribution is 0.0523. The van der Waals surface area contributed by atoms with Crippen LogP contribution >= 0.6 is 0 Å². The van der Waals surface area contributed by atoms with Gasteiger partial charge >= 0.3 is 12.2 Å². The van der Waals surface area contributed by atoms with E-state index in [4.69, 9.17) is 9.72 Å². The normalized spacial score (nSPS) is 18.4. The largest absolute Gasteiger partial charge is 0.465 e. The third-order valence-electron chi connectivity index (χ3n) is 7.90. The summed E-state index contributed by atoms with van der Waals surface area (Å²) in [5.74, 6) is 0. The number of benzene rings is 2. The van der Waals surface area contributed by atoms with Gasteiger partial charge in [0.15, 0.2) is 0 Å². The van der Waals surface area contributed by atoms with Gasteiger partial charge in [0.1, 0.15) is 5.60 Å². The number of nitrogens with zero attached hydrogens (tertiary/aromatic N) is 3. The number of hydrogen-bond donors (Lipinski definition) is 2. The zero-order valence-corrected chi connectivity index (χ0v) is 24.2. The molecule has 0 fully saturated rings. The van der Waals surface area contributed by atoms with Gasteiger partial charge in [0.05, 0.1) is 17.8 Å². The summed E-state index contributed by atoms with van der Waals surface area (Å²) < 4.78 is 5.34. The summed E-state index contributed by atoms with van der Waals surface area (Å²) in [6, 6.07) is 20.5. The van der Waals surface area contributed by atoms with Crippen molar-refractivity contribution >= 4 is 12.2 Å². The van der Waals surface area contributed by atoms with Crippen molar-refractivity contribution in [1.29, 1.82) is 0 Å². The average molecular weight is 557 g/mol. The number of alkyl carbamates (subject to hydrolysis) is 1. The molecule has 2 unspecified atom stereocenters. The molecule has 2 aliphatic rings. The molecule has 216 valence electrons. The predicted molar refractivity (Wildman–Crippen MR) is 157 cm³/mol. The molecule has 41 heavy (non-hydrogen) atoms. The van der Waals surface area contributed by atoms with Crippen LogP contribution in [0.1, 0.15) is 73.2 Å². The maximum atomic E-state index is 12.4. The number of fused-ring (bicyclic) bond motifs is 2. The van der Waals surface area contributed by atoms with E-state index in [2.05, 4.69) is 34.5 Å². The monoisotopic (exact) mass is 556 g/mol. The van der Waals surface area contributed by atoms with E-state index in [-0.39, 0.29) is 12.1 Å². The van der Waals surface area contributed by atoms with Crippen molar-refractivity contribution in [3.05, 3.63) is 100 Å². The highest BCUT2D eigenvalue weighted by molar-refractivity contribution is 5.67. The summed E-state index contributed by atoms with van der Waals surface area (Å²) in [5.41, 5.74) is 6.26. The van der Waals surface area contributed by atoms with E-state index < -0.39 is 17.8 Å². The van der Waals surface area contributed by atoms with Gasteiger partial charge in [-0.3, -0.25) is 14.8 Å². The zero-order valence-electron chi connectivity index (χ0n) is 24.2. The number of carboxylic acid groups (broad SMARTS) is 1. The lowest BCUT2D eigenvalue weighted by Gasteiger charge is -2.41. The van der Waals surface area contributed by atoms with E-state index >= 15 is 0 Å². The first-order valence-corrected chi connectivity index (χ1v) is 14.4. The van der Waals surface area contributed by atoms with E-state index in [1.165, 1.54) is 11.1 Å². The van der Waals surface area contributed by atoms with Gasteiger partial charge in [0, 0.05) is 32.4 Å². The van der Waals surface area contributed by atoms with Crippen LogP contribution in [0.15, 0.2) is 66.9 Å². The maximum Gasteiger partial charge on any atom is 0.407 e. The van der Waals surface area contributed by atoms with Crippen LogP contribution in [0.3, 0.4) is 0 Å². The van der Waals surface area contributed by atoms with Gasteiger partial charge in [0.25, 0.3) is 0 Å². The number of amides is 2. The fourth-order valence-corrected chi connectivity index (χ4v) is 5.97. The van der Waals surface area contributed by atoms with E-state index in [0.29, 0.717) is 32.6 Å². The molecular formula is C33H40N4O4. The molecule has 5 rings (SSSR count). The number of hydrogen-bond acceptors (Lipinski definition) is 5. The van der Waals surface area contributed by atoms with E-state index in [0.717, 1.165) is 41.6 Å². The lowest BCUT2D eigenvalue weighted by Crippen LogP contribution is -2.50. The van der Waals surface area contributed by atoms with Crippen molar-refractivity contribution in [2.24, 2.45) is 0 Å². The highest BCUT2D eigenvalue weighted by atomic mass is 16.6. The molecule has 0 radical (unpaired) electrons. The molecule has 2 heterocycles. The second-order valence-electron chi connectivity index (χ2n) is 12.1. The van der Waals surface area contributed by atoms with Crippen molar-refractivity contribution in [2.75, 3.05) is 6.54 Å². The first kappa shape index (κ1) is 28.6. The Morgan fingerprint density at radius 2 is 1.73 bits per heavy atom. The second-order valence-corrected chi connectivity index (χ2v) is 12.1. The molecule has 1 aromatic heterocycles. The molecule has 2 amide bonds. The molecule has 8 heteroatoms. The number of aromatic nitrogens is 1. The van der Waals surface area contributed by atoms with E-state index in [1.807, 2.05) is 63.4 Å². The number of carbonyl (C=O) groups is 2. The summed E-state index contributed by atoms with van der Waals surface area (Å²) >= 11 is 0. The minimum Gasteiger partial charge on any atom is -0.465 e. The number of aryl methyl sites for hydroxylation is 1. The van der Waals surface area contributed by atoms with Crippen LogP contribution in [0, 0.1) is 0 Å². The first-order valence-electron chi connectivity index (χ1n) is 14.4. The summed E-state index contributed by atoms with van der Waals surface area (Å²) in [4.78, 5) is 33.3. The Kier molecular flexibility index (Phi) is 8.59. The van der Waals surface area contributed by atoms with Crippen molar-refractivity contribution < 1.29 is 19.4 Å². The second kappa shape index (κ2) is 12.3. The summed E-state index contributed by atoms with van der Waals surface area (Å²) in [5, 5.41) is 13.0. The molecule has 0 saturated heterocycles. The Balaban J connectivity index is 1.36. The van der Waals surface area contributed by atoms with Crippen LogP contribution < -0.4 is 5.32 Å². The molecule has 0 saturated carbocycles. The van der Waals surface area contributed by atoms with Gasteiger partial charge in [0.2, 0.25) is 0 Å². The molecule has 1 aliphatic carbocycles. The molecule has 8 nitrogen and oxygen atoms in total. The Hall–Kier alpha value is -3.91. The smallest absolute Gasteiger partial charge is 0.407 e. The molecular weight excluding hydrogens is 516 g/mol. The van der Waals surface area contributed by atoms with Gasteiger partial charge in [-0.25, -0.2) is 9.59 Å². The van der Waals surface area contributed by atoms with Crippen LogP contribution in [0.2, 0.25) is 0 Å². The molecule has 0 bridgehead atoms. The molecule has 1 aliphatic heterocycles. The van der Waals surface area contributed by atoms with Gasteiger partial charge < -0.3 is 15.2 Å². The minimum absolute atomic E-state index is 0.112. The summed E-state index contributed by atoms with van der Waals surface area (Å²) in [6.45, 7) is 7.60. The number of carbonyl (C=O) groups excluding carboxylic acids is 1. The molecule has 2 N–H and O–H groups in total. The number of ether oxygens (including phenoxy) is 1. The van der Waals surface area contributed by atoms with Crippen LogP contribution in [-0.2, 0) is 37.2 Å². The first-order chi connectivity index (χ1) is 19.7. The highest BCUT2D eigenvalue weighted by Crippen LogP contribution is 2.35. The minimum atomic E-state index is -0.881. The number of rotatable bonds is 7. The van der Waals surface area contributed by atoms with E-state index in [9.17, 15) is 14.7 Å². The van der Waals surface area contributed by atoms with Crippen molar-refractivity contribution in [3.8, 4) is 0 Å². The maximum absolute atomic E-state index is 12.4. The fourth-order valence-electron chi connectivity index (χ4n) is 5.97. The Labute approximate surface area is 242 Å². The fraction of sp³-hybridized carbons (Fsp3) is 0.424. The van der Waals surface area contributed by atoms with Crippen LogP contribution in [-0.4, -0.2) is 50.3 Å². The third kappa shape index (κ3) is 7.24.